The molecule has 2 aromatic rings. The fourth-order valence-electron chi connectivity index (χ4n) is 1.76. The molecule has 0 heterocycles. The second-order valence-corrected chi connectivity index (χ2v) is 5.18. The first-order chi connectivity index (χ1) is 10.6. The molecule has 0 unspecified atom stereocenters. The second-order valence-electron chi connectivity index (χ2n) is 4.36. The fourth-order valence-corrected chi connectivity index (χ4v) is 2.08. The van der Waals surface area contributed by atoms with E-state index in [1.54, 1.807) is 38.6 Å². The smallest absolute Gasteiger partial charge is 0.142 e. The molecule has 0 amide bonds. The van der Waals surface area contributed by atoms with Crippen molar-refractivity contribution in [2.75, 3.05) is 14.2 Å². The molecule has 0 bridgehead atoms. The minimum atomic E-state index is 0.297. The molecule has 0 aromatic heterocycles. The van der Waals surface area contributed by atoms with E-state index >= 15 is 0 Å². The van der Waals surface area contributed by atoms with Gasteiger partial charge in [0.2, 0.25) is 0 Å². The Morgan fingerprint density at radius 2 is 1.82 bits per heavy atom. The van der Waals surface area contributed by atoms with Crippen LogP contribution in [0.25, 0.3) is 0 Å². The number of nitrogens with zero attached hydrogens (tertiary/aromatic N) is 1. The summed E-state index contributed by atoms with van der Waals surface area (Å²) in [5.41, 5.74) is 1.67. The van der Waals surface area contributed by atoms with Crippen molar-refractivity contribution in [3.8, 4) is 11.5 Å². The molecule has 0 spiro atoms. The van der Waals surface area contributed by atoms with Crippen molar-refractivity contribution in [1.82, 2.24) is 0 Å². The molecule has 116 valence electrons. The van der Waals surface area contributed by atoms with E-state index in [1.165, 1.54) is 0 Å². The van der Waals surface area contributed by atoms with Gasteiger partial charge in [0.1, 0.15) is 18.1 Å². The molecule has 0 aliphatic carbocycles. The standard InChI is InChI=1S/C16H15Cl2NO3/c1-20-13-5-4-12(16(8-13)21-2)9-19-22-10-11-3-6-14(17)15(18)7-11/h3-9H,10H2,1-2H3/b19-9-. The van der Waals surface area contributed by atoms with Crippen molar-refractivity contribution >= 4 is 29.4 Å². The third-order valence-corrected chi connectivity index (χ3v) is 3.66. The fraction of sp³-hybridized carbons (Fsp3) is 0.188. The Morgan fingerprint density at radius 1 is 1.00 bits per heavy atom. The molecule has 0 aliphatic heterocycles. The van der Waals surface area contributed by atoms with E-state index in [0.29, 0.717) is 28.2 Å². The SMILES string of the molecule is COc1ccc(/C=N\OCc2ccc(Cl)c(Cl)c2)c(OC)c1. The highest BCUT2D eigenvalue weighted by molar-refractivity contribution is 6.42. The van der Waals surface area contributed by atoms with Crippen LogP contribution in [-0.2, 0) is 11.4 Å². The first kappa shape index (κ1) is 16.5. The van der Waals surface area contributed by atoms with E-state index in [9.17, 15) is 0 Å². The van der Waals surface area contributed by atoms with Crippen LogP contribution < -0.4 is 9.47 Å². The summed E-state index contributed by atoms with van der Waals surface area (Å²) in [5.74, 6) is 1.37. The molecular formula is C16H15Cl2NO3. The highest BCUT2D eigenvalue weighted by atomic mass is 35.5. The van der Waals surface area contributed by atoms with E-state index < -0.39 is 0 Å². The molecule has 6 heteroatoms. The van der Waals surface area contributed by atoms with Crippen LogP contribution in [0.15, 0.2) is 41.6 Å². The summed E-state index contributed by atoms with van der Waals surface area (Å²) >= 11 is 11.8. The zero-order chi connectivity index (χ0) is 15.9. The maximum absolute atomic E-state index is 5.94. The van der Waals surface area contributed by atoms with E-state index in [-0.39, 0.29) is 0 Å². The lowest BCUT2D eigenvalue weighted by atomic mass is 10.2. The second kappa shape index (κ2) is 7.92. The molecule has 2 aromatic carbocycles. The monoisotopic (exact) mass is 339 g/mol. The van der Waals surface area contributed by atoms with Crippen LogP contribution in [0, 0.1) is 0 Å². The van der Waals surface area contributed by atoms with Crippen LogP contribution in [0.4, 0.5) is 0 Å². The molecule has 22 heavy (non-hydrogen) atoms. The number of hydrogen-bond donors (Lipinski definition) is 0. The van der Waals surface area contributed by atoms with E-state index in [4.69, 9.17) is 37.5 Å². The third kappa shape index (κ3) is 4.29. The first-order valence-electron chi connectivity index (χ1n) is 6.45. The van der Waals surface area contributed by atoms with Crippen LogP contribution in [-0.4, -0.2) is 20.4 Å². The number of ether oxygens (including phenoxy) is 2. The Morgan fingerprint density at radius 3 is 2.50 bits per heavy atom. The predicted octanol–water partition coefficient (Wildman–Crippen LogP) is 4.56. The maximum atomic E-state index is 5.94. The summed E-state index contributed by atoms with van der Waals surface area (Å²) in [6.07, 6.45) is 1.58. The summed E-state index contributed by atoms with van der Waals surface area (Å²) in [7, 11) is 3.19. The topological polar surface area (TPSA) is 40.0 Å². The predicted molar refractivity (Wildman–Crippen MR) is 88.4 cm³/mol. The van der Waals surface area contributed by atoms with Gasteiger partial charge in [-0.25, -0.2) is 0 Å². The van der Waals surface area contributed by atoms with Gasteiger partial charge in [0.25, 0.3) is 0 Å². The quantitative estimate of drug-likeness (QED) is 0.572. The summed E-state index contributed by atoms with van der Waals surface area (Å²) in [6.45, 7) is 0.297. The van der Waals surface area contributed by atoms with Gasteiger partial charge in [-0.2, -0.15) is 0 Å². The number of halogens is 2. The molecule has 0 fully saturated rings. The molecule has 0 radical (unpaired) electrons. The number of methoxy groups -OCH3 is 2. The largest absolute Gasteiger partial charge is 0.497 e. The Hall–Kier alpha value is -1.91. The molecule has 0 N–H and O–H groups in total. The average Bonchev–Trinajstić information content (AvgIpc) is 2.54. The van der Waals surface area contributed by atoms with Gasteiger partial charge < -0.3 is 14.3 Å². The van der Waals surface area contributed by atoms with Gasteiger partial charge in [-0.05, 0) is 29.8 Å². The van der Waals surface area contributed by atoms with Crippen LogP contribution in [0.2, 0.25) is 10.0 Å². The summed E-state index contributed by atoms with van der Waals surface area (Å²) in [6, 6.07) is 10.7. The van der Waals surface area contributed by atoms with Gasteiger partial charge in [0.15, 0.2) is 0 Å². The van der Waals surface area contributed by atoms with Gasteiger partial charge in [-0.1, -0.05) is 34.4 Å². The highest BCUT2D eigenvalue weighted by Gasteiger charge is 2.03. The Labute approximate surface area is 139 Å². The Bertz CT molecular complexity index is 674. The summed E-state index contributed by atoms with van der Waals surface area (Å²) < 4.78 is 10.4. The normalized spacial score (nSPS) is 10.7. The van der Waals surface area contributed by atoms with Crippen LogP contribution in [0.5, 0.6) is 11.5 Å². The van der Waals surface area contributed by atoms with Gasteiger partial charge >= 0.3 is 0 Å². The third-order valence-electron chi connectivity index (χ3n) is 2.92. The van der Waals surface area contributed by atoms with Crippen LogP contribution in [0.3, 0.4) is 0 Å². The lowest BCUT2D eigenvalue weighted by molar-refractivity contribution is 0.132. The van der Waals surface area contributed by atoms with Gasteiger partial charge in [-0.3, -0.25) is 0 Å². The minimum Gasteiger partial charge on any atom is -0.497 e. The zero-order valence-corrected chi connectivity index (χ0v) is 13.7. The lowest BCUT2D eigenvalue weighted by Crippen LogP contribution is -1.93. The number of benzene rings is 2. The number of hydrogen-bond acceptors (Lipinski definition) is 4. The molecule has 0 saturated heterocycles. The highest BCUT2D eigenvalue weighted by Crippen LogP contribution is 2.24. The van der Waals surface area contributed by atoms with Crippen molar-refractivity contribution in [2.24, 2.45) is 5.16 Å². The summed E-state index contributed by atoms with van der Waals surface area (Å²) in [5, 5.41) is 4.93. The molecule has 2 rings (SSSR count). The molecule has 4 nitrogen and oxygen atoms in total. The molecule has 0 saturated carbocycles. The molecule has 0 aliphatic rings. The first-order valence-corrected chi connectivity index (χ1v) is 7.21. The maximum Gasteiger partial charge on any atom is 0.142 e. The van der Waals surface area contributed by atoms with Crippen LogP contribution >= 0.6 is 23.2 Å². The van der Waals surface area contributed by atoms with E-state index in [0.717, 1.165) is 11.1 Å². The van der Waals surface area contributed by atoms with Gasteiger partial charge in [0, 0.05) is 11.6 Å². The van der Waals surface area contributed by atoms with Crippen molar-refractivity contribution < 1.29 is 14.3 Å². The van der Waals surface area contributed by atoms with Crippen molar-refractivity contribution in [3.63, 3.8) is 0 Å². The van der Waals surface area contributed by atoms with E-state index in [2.05, 4.69) is 5.16 Å². The lowest BCUT2D eigenvalue weighted by Gasteiger charge is -2.07. The average molecular weight is 340 g/mol. The molecule has 0 atom stereocenters. The van der Waals surface area contributed by atoms with Crippen molar-refractivity contribution in [3.05, 3.63) is 57.6 Å². The molecular weight excluding hydrogens is 325 g/mol. The Balaban J connectivity index is 1.99. The van der Waals surface area contributed by atoms with E-state index in [1.807, 2.05) is 18.2 Å². The van der Waals surface area contributed by atoms with Crippen molar-refractivity contribution in [1.29, 1.82) is 0 Å². The van der Waals surface area contributed by atoms with Crippen LogP contribution in [0.1, 0.15) is 11.1 Å². The summed E-state index contributed by atoms with van der Waals surface area (Å²) in [4.78, 5) is 5.26. The van der Waals surface area contributed by atoms with Crippen molar-refractivity contribution in [2.45, 2.75) is 6.61 Å². The number of oxime groups is 1. The number of rotatable bonds is 6. The Kier molecular flexibility index (Phi) is 5.92. The zero-order valence-electron chi connectivity index (χ0n) is 12.2. The van der Waals surface area contributed by atoms with Gasteiger partial charge in [0.05, 0.1) is 30.5 Å². The minimum absolute atomic E-state index is 0.297. The van der Waals surface area contributed by atoms with Gasteiger partial charge in [-0.15, -0.1) is 0 Å².